The van der Waals surface area contributed by atoms with Crippen LogP contribution in [-0.4, -0.2) is 22.3 Å². The molecule has 0 spiro atoms. The zero-order valence-corrected chi connectivity index (χ0v) is 9.94. The first-order valence-corrected chi connectivity index (χ1v) is 5.88. The van der Waals surface area contributed by atoms with Crippen LogP contribution in [0.25, 0.3) is 0 Å². The first-order valence-electron chi connectivity index (χ1n) is 5.88. The number of aryl methyl sites for hydroxylation is 1. The number of likely N-dealkylation sites (tertiary alicyclic amines) is 1. The molecule has 1 aliphatic rings. The lowest BCUT2D eigenvalue weighted by Gasteiger charge is -2.35. The Kier molecular flexibility index (Phi) is 3.22. The van der Waals surface area contributed by atoms with E-state index in [2.05, 4.69) is 11.1 Å². The van der Waals surface area contributed by atoms with Crippen LogP contribution < -0.4 is 0 Å². The molecule has 16 heavy (non-hydrogen) atoms. The van der Waals surface area contributed by atoms with Gasteiger partial charge in [-0.05, 0) is 37.8 Å². The number of amides is 1. The third-order valence-corrected chi connectivity index (χ3v) is 3.23. The van der Waals surface area contributed by atoms with Gasteiger partial charge in [-0.1, -0.05) is 6.07 Å². The Morgan fingerprint density at radius 3 is 2.88 bits per heavy atom. The Balaban J connectivity index is 2.23. The Hall–Kier alpha value is -1.38. The van der Waals surface area contributed by atoms with Gasteiger partial charge in [0.25, 0.3) is 0 Å². The minimum absolute atomic E-state index is 0.172. The number of aromatic nitrogens is 1. The summed E-state index contributed by atoms with van der Waals surface area (Å²) in [4.78, 5) is 17.8. The summed E-state index contributed by atoms with van der Waals surface area (Å²) in [6.45, 7) is 4.52. The number of piperidine rings is 1. The van der Waals surface area contributed by atoms with Crippen LogP contribution in [0, 0.1) is 6.92 Å². The van der Waals surface area contributed by atoms with E-state index in [0.717, 1.165) is 25.1 Å². The molecule has 0 saturated carbocycles. The summed E-state index contributed by atoms with van der Waals surface area (Å²) < 4.78 is 0. The molecule has 0 N–H and O–H groups in total. The molecular formula is C13H18N2O. The van der Waals surface area contributed by atoms with Crippen molar-refractivity contribution >= 4 is 5.91 Å². The van der Waals surface area contributed by atoms with E-state index in [4.69, 9.17) is 0 Å². The van der Waals surface area contributed by atoms with Crippen LogP contribution in [0.3, 0.4) is 0 Å². The number of pyridine rings is 1. The fourth-order valence-electron chi connectivity index (χ4n) is 2.33. The molecule has 3 heteroatoms. The second-order valence-corrected chi connectivity index (χ2v) is 4.46. The number of nitrogens with zero attached hydrogens (tertiary/aromatic N) is 2. The van der Waals surface area contributed by atoms with Gasteiger partial charge in [-0.3, -0.25) is 9.78 Å². The van der Waals surface area contributed by atoms with Crippen molar-refractivity contribution in [3.05, 3.63) is 29.6 Å². The van der Waals surface area contributed by atoms with E-state index in [-0.39, 0.29) is 11.9 Å². The molecule has 2 heterocycles. The zero-order valence-electron chi connectivity index (χ0n) is 9.94. The van der Waals surface area contributed by atoms with Crippen LogP contribution in [0.4, 0.5) is 0 Å². The maximum atomic E-state index is 11.6. The zero-order chi connectivity index (χ0) is 11.5. The summed E-state index contributed by atoms with van der Waals surface area (Å²) in [5.74, 6) is 0.172. The van der Waals surface area contributed by atoms with E-state index in [1.165, 1.54) is 12.0 Å². The van der Waals surface area contributed by atoms with Gasteiger partial charge in [-0.2, -0.15) is 0 Å². The molecule has 1 aromatic heterocycles. The lowest BCUT2D eigenvalue weighted by Crippen LogP contribution is -2.36. The number of hydrogen-bond donors (Lipinski definition) is 0. The first-order chi connectivity index (χ1) is 7.68. The second-order valence-electron chi connectivity index (χ2n) is 4.46. The third kappa shape index (κ3) is 2.23. The summed E-state index contributed by atoms with van der Waals surface area (Å²) in [6.07, 6.45) is 5.28. The Morgan fingerprint density at radius 1 is 1.44 bits per heavy atom. The highest BCUT2D eigenvalue weighted by atomic mass is 16.2. The molecule has 1 aliphatic heterocycles. The molecule has 0 aliphatic carbocycles. The molecule has 0 aromatic carbocycles. The molecule has 1 atom stereocenters. The van der Waals surface area contributed by atoms with Gasteiger partial charge in [0, 0.05) is 25.4 Å². The third-order valence-electron chi connectivity index (χ3n) is 3.23. The predicted molar refractivity (Wildman–Crippen MR) is 63.0 cm³/mol. The highest BCUT2D eigenvalue weighted by molar-refractivity contribution is 5.73. The first kappa shape index (κ1) is 11.1. The average molecular weight is 218 g/mol. The smallest absolute Gasteiger partial charge is 0.219 e. The van der Waals surface area contributed by atoms with Crippen molar-refractivity contribution in [3.63, 3.8) is 0 Å². The summed E-state index contributed by atoms with van der Waals surface area (Å²) >= 11 is 0. The molecule has 0 unspecified atom stereocenters. The standard InChI is InChI=1S/C13H18N2O/c1-10-6-7-12(9-14-10)13-5-3-4-8-15(13)11(2)16/h6-7,9,13H,3-5,8H2,1-2H3/t13-/m0/s1. The monoisotopic (exact) mass is 218 g/mol. The van der Waals surface area contributed by atoms with Crippen molar-refractivity contribution in [1.29, 1.82) is 0 Å². The minimum atomic E-state index is 0.172. The van der Waals surface area contributed by atoms with Crippen LogP contribution >= 0.6 is 0 Å². The van der Waals surface area contributed by atoms with E-state index >= 15 is 0 Å². The fourth-order valence-corrected chi connectivity index (χ4v) is 2.33. The van der Waals surface area contributed by atoms with Gasteiger partial charge >= 0.3 is 0 Å². The van der Waals surface area contributed by atoms with Crippen LogP contribution in [0.5, 0.6) is 0 Å². The fraction of sp³-hybridized carbons (Fsp3) is 0.538. The molecule has 0 bridgehead atoms. The van der Waals surface area contributed by atoms with Gasteiger partial charge in [0.2, 0.25) is 5.91 Å². The molecule has 1 saturated heterocycles. The number of hydrogen-bond acceptors (Lipinski definition) is 2. The lowest BCUT2D eigenvalue weighted by molar-refractivity contribution is -0.132. The van der Waals surface area contributed by atoms with Gasteiger partial charge in [0.05, 0.1) is 6.04 Å². The van der Waals surface area contributed by atoms with Gasteiger partial charge in [-0.25, -0.2) is 0 Å². The quantitative estimate of drug-likeness (QED) is 0.725. The van der Waals surface area contributed by atoms with E-state index in [1.54, 1.807) is 6.92 Å². The Labute approximate surface area is 96.5 Å². The van der Waals surface area contributed by atoms with Crippen molar-refractivity contribution in [2.75, 3.05) is 6.54 Å². The topological polar surface area (TPSA) is 33.2 Å². The maximum absolute atomic E-state index is 11.6. The molecule has 2 rings (SSSR count). The summed E-state index contributed by atoms with van der Waals surface area (Å²) in [5.41, 5.74) is 2.19. The van der Waals surface area contributed by atoms with Gasteiger partial charge in [0.15, 0.2) is 0 Å². The number of carbonyl (C=O) groups is 1. The second kappa shape index (κ2) is 4.64. The minimum Gasteiger partial charge on any atom is -0.336 e. The molecule has 1 amide bonds. The summed E-state index contributed by atoms with van der Waals surface area (Å²) in [6, 6.07) is 4.34. The van der Waals surface area contributed by atoms with Crippen LogP contribution in [0.1, 0.15) is 43.5 Å². The van der Waals surface area contributed by atoms with Crippen LogP contribution in [0.15, 0.2) is 18.3 Å². The maximum Gasteiger partial charge on any atom is 0.219 e. The van der Waals surface area contributed by atoms with Gasteiger partial charge < -0.3 is 4.90 Å². The largest absolute Gasteiger partial charge is 0.336 e. The van der Waals surface area contributed by atoms with E-state index in [9.17, 15) is 4.79 Å². The van der Waals surface area contributed by atoms with Crippen molar-refractivity contribution in [1.82, 2.24) is 9.88 Å². The normalized spacial score (nSPS) is 20.9. The van der Waals surface area contributed by atoms with Crippen molar-refractivity contribution < 1.29 is 4.79 Å². The predicted octanol–water partition coefficient (Wildman–Crippen LogP) is 2.46. The highest BCUT2D eigenvalue weighted by Crippen LogP contribution is 2.30. The van der Waals surface area contributed by atoms with Gasteiger partial charge in [0.1, 0.15) is 0 Å². The van der Waals surface area contributed by atoms with E-state index < -0.39 is 0 Å². The van der Waals surface area contributed by atoms with E-state index in [0.29, 0.717) is 0 Å². The van der Waals surface area contributed by atoms with Crippen LogP contribution in [-0.2, 0) is 4.79 Å². The van der Waals surface area contributed by atoms with Crippen molar-refractivity contribution in [2.24, 2.45) is 0 Å². The number of rotatable bonds is 1. The molecule has 3 nitrogen and oxygen atoms in total. The van der Waals surface area contributed by atoms with Crippen molar-refractivity contribution in [2.45, 2.75) is 39.2 Å². The van der Waals surface area contributed by atoms with Gasteiger partial charge in [-0.15, -0.1) is 0 Å². The summed E-state index contributed by atoms with van der Waals surface area (Å²) in [5, 5.41) is 0. The Morgan fingerprint density at radius 2 is 2.25 bits per heavy atom. The lowest BCUT2D eigenvalue weighted by atomic mass is 9.96. The van der Waals surface area contributed by atoms with Crippen LogP contribution in [0.2, 0.25) is 0 Å². The van der Waals surface area contributed by atoms with E-state index in [1.807, 2.05) is 24.1 Å². The molecule has 86 valence electrons. The summed E-state index contributed by atoms with van der Waals surface area (Å²) in [7, 11) is 0. The SMILES string of the molecule is CC(=O)N1CCCC[C@H]1c1ccc(C)nc1. The molecule has 1 fully saturated rings. The van der Waals surface area contributed by atoms with Crippen molar-refractivity contribution in [3.8, 4) is 0 Å². The Bertz CT molecular complexity index is 372. The highest BCUT2D eigenvalue weighted by Gasteiger charge is 2.25. The number of carbonyl (C=O) groups excluding carboxylic acids is 1. The molecule has 1 aromatic rings. The molecular weight excluding hydrogens is 200 g/mol. The molecule has 0 radical (unpaired) electrons. The average Bonchev–Trinajstić information content (AvgIpc) is 2.30.